The zero-order valence-corrected chi connectivity index (χ0v) is 11.7. The van der Waals surface area contributed by atoms with Gasteiger partial charge in [-0.05, 0) is 69.4 Å². The molecule has 18 heavy (non-hydrogen) atoms. The van der Waals surface area contributed by atoms with Crippen LogP contribution in [0.3, 0.4) is 0 Å². The normalized spacial score (nSPS) is 20.8. The maximum Gasteiger partial charge on any atom is 0.123 e. The summed E-state index contributed by atoms with van der Waals surface area (Å²) in [5, 5.41) is 10.1. The van der Waals surface area contributed by atoms with Gasteiger partial charge in [0, 0.05) is 6.04 Å². The Morgan fingerprint density at radius 3 is 2.67 bits per heavy atom. The Hall–Kier alpha value is -1.06. The SMILES string of the molecule is Cc1cc2c(cc1C(O)C(C)N)CCC(C)(C)O2. The van der Waals surface area contributed by atoms with Crippen molar-refractivity contribution >= 4 is 0 Å². The van der Waals surface area contributed by atoms with Crippen molar-refractivity contribution in [1.29, 1.82) is 0 Å². The molecule has 0 amide bonds. The van der Waals surface area contributed by atoms with E-state index in [2.05, 4.69) is 13.8 Å². The molecule has 1 aliphatic heterocycles. The van der Waals surface area contributed by atoms with E-state index in [0.29, 0.717) is 0 Å². The molecule has 0 spiro atoms. The molecule has 1 heterocycles. The van der Waals surface area contributed by atoms with E-state index in [9.17, 15) is 5.11 Å². The van der Waals surface area contributed by atoms with Crippen LogP contribution in [-0.2, 0) is 6.42 Å². The molecule has 3 N–H and O–H groups in total. The molecule has 2 atom stereocenters. The number of benzene rings is 1. The fourth-order valence-electron chi connectivity index (χ4n) is 2.42. The van der Waals surface area contributed by atoms with Crippen molar-refractivity contribution in [3.63, 3.8) is 0 Å². The quantitative estimate of drug-likeness (QED) is 0.846. The minimum Gasteiger partial charge on any atom is -0.488 e. The van der Waals surface area contributed by atoms with Crippen molar-refractivity contribution in [2.45, 2.75) is 58.3 Å². The fraction of sp³-hybridized carbons (Fsp3) is 0.600. The number of aliphatic hydroxyl groups excluding tert-OH is 1. The Labute approximate surface area is 109 Å². The summed E-state index contributed by atoms with van der Waals surface area (Å²) < 4.78 is 5.98. The van der Waals surface area contributed by atoms with Gasteiger partial charge in [-0.25, -0.2) is 0 Å². The molecule has 0 fully saturated rings. The van der Waals surface area contributed by atoms with Gasteiger partial charge in [0.2, 0.25) is 0 Å². The Balaban J connectivity index is 2.39. The van der Waals surface area contributed by atoms with Crippen molar-refractivity contribution in [3.05, 3.63) is 28.8 Å². The van der Waals surface area contributed by atoms with E-state index < -0.39 is 6.10 Å². The molecule has 0 bridgehead atoms. The summed E-state index contributed by atoms with van der Waals surface area (Å²) >= 11 is 0. The molecule has 3 nitrogen and oxygen atoms in total. The number of aliphatic hydroxyl groups is 1. The van der Waals surface area contributed by atoms with Gasteiger partial charge in [-0.1, -0.05) is 0 Å². The molecule has 1 aliphatic rings. The molecule has 2 unspecified atom stereocenters. The molecule has 100 valence electrons. The van der Waals surface area contributed by atoms with Gasteiger partial charge in [0.05, 0.1) is 6.10 Å². The lowest BCUT2D eigenvalue weighted by molar-refractivity contribution is 0.0841. The molecule has 1 aromatic carbocycles. The van der Waals surface area contributed by atoms with E-state index in [0.717, 1.165) is 29.7 Å². The molecule has 0 radical (unpaired) electrons. The molecule has 2 rings (SSSR count). The summed E-state index contributed by atoms with van der Waals surface area (Å²) in [5.41, 5.74) is 8.82. The Bertz CT molecular complexity index is 452. The first kappa shape index (κ1) is 13.4. The number of hydrogen-bond acceptors (Lipinski definition) is 3. The average Bonchev–Trinajstić information content (AvgIpc) is 2.26. The van der Waals surface area contributed by atoms with E-state index in [1.807, 2.05) is 26.0 Å². The summed E-state index contributed by atoms with van der Waals surface area (Å²) in [6, 6.07) is 3.81. The summed E-state index contributed by atoms with van der Waals surface area (Å²) in [5.74, 6) is 0.948. The Morgan fingerprint density at radius 1 is 1.39 bits per heavy atom. The monoisotopic (exact) mass is 249 g/mol. The van der Waals surface area contributed by atoms with Gasteiger partial charge in [0.25, 0.3) is 0 Å². The summed E-state index contributed by atoms with van der Waals surface area (Å²) in [6.07, 6.45) is 1.38. The standard InChI is InChI=1S/C15H23NO2/c1-9-7-13-11(5-6-15(3,4)18-13)8-12(9)14(17)10(2)16/h7-8,10,14,17H,5-6,16H2,1-4H3. The topological polar surface area (TPSA) is 55.5 Å². The molecular weight excluding hydrogens is 226 g/mol. The zero-order valence-electron chi connectivity index (χ0n) is 11.7. The average molecular weight is 249 g/mol. The number of hydrogen-bond donors (Lipinski definition) is 2. The first-order chi connectivity index (χ1) is 8.30. The van der Waals surface area contributed by atoms with Crippen LogP contribution in [0, 0.1) is 6.92 Å². The van der Waals surface area contributed by atoms with Crippen molar-refractivity contribution in [2.75, 3.05) is 0 Å². The van der Waals surface area contributed by atoms with Crippen LogP contribution in [0.1, 0.15) is 50.0 Å². The van der Waals surface area contributed by atoms with Gasteiger partial charge in [-0.15, -0.1) is 0 Å². The summed E-state index contributed by atoms with van der Waals surface area (Å²) in [7, 11) is 0. The van der Waals surface area contributed by atoms with E-state index in [-0.39, 0.29) is 11.6 Å². The van der Waals surface area contributed by atoms with Crippen LogP contribution < -0.4 is 10.5 Å². The highest BCUT2D eigenvalue weighted by atomic mass is 16.5. The third-order valence-electron chi connectivity index (χ3n) is 3.65. The fourth-order valence-corrected chi connectivity index (χ4v) is 2.42. The van der Waals surface area contributed by atoms with Crippen molar-refractivity contribution in [1.82, 2.24) is 0 Å². The van der Waals surface area contributed by atoms with E-state index >= 15 is 0 Å². The summed E-state index contributed by atoms with van der Waals surface area (Å²) in [4.78, 5) is 0. The predicted octanol–water partition coefficient (Wildman–Crippen LogP) is 2.48. The highest BCUT2D eigenvalue weighted by Crippen LogP contribution is 2.36. The van der Waals surface area contributed by atoms with Crippen LogP contribution in [0.25, 0.3) is 0 Å². The van der Waals surface area contributed by atoms with Crippen LogP contribution in [0.15, 0.2) is 12.1 Å². The first-order valence-corrected chi connectivity index (χ1v) is 6.56. The van der Waals surface area contributed by atoms with Crippen molar-refractivity contribution < 1.29 is 9.84 Å². The molecule has 0 aromatic heterocycles. The van der Waals surface area contributed by atoms with Gasteiger partial charge in [-0.2, -0.15) is 0 Å². The van der Waals surface area contributed by atoms with Crippen LogP contribution in [0.2, 0.25) is 0 Å². The summed E-state index contributed by atoms with van der Waals surface area (Å²) in [6.45, 7) is 8.03. The molecule has 3 heteroatoms. The van der Waals surface area contributed by atoms with Crippen LogP contribution in [0.5, 0.6) is 5.75 Å². The largest absolute Gasteiger partial charge is 0.488 e. The highest BCUT2D eigenvalue weighted by Gasteiger charge is 2.28. The maximum atomic E-state index is 10.1. The van der Waals surface area contributed by atoms with E-state index in [1.165, 1.54) is 5.56 Å². The Morgan fingerprint density at radius 2 is 2.06 bits per heavy atom. The van der Waals surface area contributed by atoms with E-state index in [1.54, 1.807) is 0 Å². The lowest BCUT2D eigenvalue weighted by Gasteiger charge is -2.33. The zero-order chi connectivity index (χ0) is 13.5. The van der Waals surface area contributed by atoms with Gasteiger partial charge >= 0.3 is 0 Å². The molecule has 0 saturated carbocycles. The minimum atomic E-state index is -0.606. The second-order valence-corrected chi connectivity index (χ2v) is 5.98. The smallest absolute Gasteiger partial charge is 0.123 e. The first-order valence-electron chi connectivity index (χ1n) is 6.56. The minimum absolute atomic E-state index is 0.0965. The molecular formula is C15H23NO2. The van der Waals surface area contributed by atoms with Gasteiger partial charge < -0.3 is 15.6 Å². The number of fused-ring (bicyclic) bond motifs is 1. The molecule has 0 aliphatic carbocycles. The number of aryl methyl sites for hydroxylation is 2. The highest BCUT2D eigenvalue weighted by molar-refractivity contribution is 5.45. The van der Waals surface area contributed by atoms with Gasteiger partial charge in [0.15, 0.2) is 0 Å². The number of ether oxygens (including phenoxy) is 1. The van der Waals surface area contributed by atoms with Crippen LogP contribution in [0.4, 0.5) is 0 Å². The molecule has 1 aromatic rings. The second kappa shape index (κ2) is 4.56. The lowest BCUT2D eigenvalue weighted by atomic mass is 9.90. The predicted molar refractivity (Wildman–Crippen MR) is 72.8 cm³/mol. The van der Waals surface area contributed by atoms with Crippen molar-refractivity contribution in [2.24, 2.45) is 5.73 Å². The van der Waals surface area contributed by atoms with Crippen LogP contribution in [-0.4, -0.2) is 16.7 Å². The van der Waals surface area contributed by atoms with Gasteiger partial charge in [0.1, 0.15) is 11.4 Å². The second-order valence-electron chi connectivity index (χ2n) is 5.98. The Kier molecular flexibility index (Phi) is 3.39. The number of nitrogens with two attached hydrogens (primary N) is 1. The third-order valence-corrected chi connectivity index (χ3v) is 3.65. The molecule has 0 saturated heterocycles. The van der Waals surface area contributed by atoms with Crippen LogP contribution >= 0.6 is 0 Å². The third kappa shape index (κ3) is 2.52. The van der Waals surface area contributed by atoms with E-state index in [4.69, 9.17) is 10.5 Å². The lowest BCUT2D eigenvalue weighted by Crippen LogP contribution is -2.33. The number of rotatable bonds is 2. The van der Waals surface area contributed by atoms with Gasteiger partial charge in [-0.3, -0.25) is 0 Å². The maximum absolute atomic E-state index is 10.1. The van der Waals surface area contributed by atoms with Crippen molar-refractivity contribution in [3.8, 4) is 5.75 Å².